The lowest BCUT2D eigenvalue weighted by atomic mass is 10.1. The highest BCUT2D eigenvalue weighted by Crippen LogP contribution is 2.24. The van der Waals surface area contributed by atoms with Gasteiger partial charge in [-0.1, -0.05) is 48.5 Å². The average molecular weight is 391 g/mol. The Kier molecular flexibility index (Phi) is 5.92. The molecule has 2 heterocycles. The molecule has 1 unspecified atom stereocenters. The van der Waals surface area contributed by atoms with Crippen LogP contribution in [0, 0.1) is 0 Å². The predicted molar refractivity (Wildman–Crippen MR) is 114 cm³/mol. The second-order valence-electron chi connectivity index (χ2n) is 6.70. The fraction of sp³-hybridized carbons (Fsp3) is 0.217. The molecular formula is C23H22N2O2S. The zero-order chi connectivity index (χ0) is 19.2. The third kappa shape index (κ3) is 4.54. The van der Waals surface area contributed by atoms with Gasteiger partial charge in [-0.05, 0) is 35.9 Å². The monoisotopic (exact) mass is 390 g/mol. The van der Waals surface area contributed by atoms with E-state index in [1.807, 2.05) is 72.4 Å². The van der Waals surface area contributed by atoms with Crippen molar-refractivity contribution >= 4 is 23.4 Å². The third-order valence-corrected chi connectivity index (χ3v) is 5.79. The number of aromatic nitrogens is 1. The minimum atomic E-state index is -0.0666. The molecule has 0 saturated carbocycles. The smallest absolute Gasteiger partial charge is 0.258 e. The first kappa shape index (κ1) is 18.6. The van der Waals surface area contributed by atoms with Crippen LogP contribution in [-0.4, -0.2) is 28.5 Å². The highest BCUT2D eigenvalue weighted by atomic mass is 32.2. The quantitative estimate of drug-likeness (QED) is 0.606. The van der Waals surface area contributed by atoms with Crippen molar-refractivity contribution in [3.63, 3.8) is 0 Å². The van der Waals surface area contributed by atoms with Crippen molar-refractivity contribution in [2.45, 2.75) is 19.1 Å². The lowest BCUT2D eigenvalue weighted by molar-refractivity contribution is 0.0984. The van der Waals surface area contributed by atoms with Crippen LogP contribution in [0.2, 0.25) is 0 Å². The Morgan fingerprint density at radius 3 is 2.54 bits per heavy atom. The van der Waals surface area contributed by atoms with Crippen LogP contribution in [0.15, 0.2) is 79.0 Å². The molecule has 1 amide bonds. The van der Waals surface area contributed by atoms with Crippen LogP contribution in [0.3, 0.4) is 0 Å². The number of benzene rings is 2. The summed E-state index contributed by atoms with van der Waals surface area (Å²) in [4.78, 5) is 19.5. The first-order chi connectivity index (χ1) is 13.8. The Bertz CT molecular complexity index is 912. The molecule has 0 spiro atoms. The summed E-state index contributed by atoms with van der Waals surface area (Å²) >= 11 is 1.89. The van der Waals surface area contributed by atoms with Gasteiger partial charge in [0.25, 0.3) is 5.91 Å². The number of pyridine rings is 1. The number of rotatable bonds is 6. The summed E-state index contributed by atoms with van der Waals surface area (Å²) in [5.41, 5.74) is 2.52. The average Bonchev–Trinajstić information content (AvgIpc) is 3.26. The van der Waals surface area contributed by atoms with Crippen molar-refractivity contribution in [3.05, 3.63) is 90.1 Å². The van der Waals surface area contributed by atoms with Gasteiger partial charge in [0.05, 0.1) is 6.54 Å². The Morgan fingerprint density at radius 2 is 1.82 bits per heavy atom. The molecule has 1 aliphatic heterocycles. The number of carbonyl (C=O) groups is 1. The normalized spacial score (nSPS) is 15.9. The minimum Gasteiger partial charge on any atom is -0.473 e. The number of thioether (sulfide) groups is 1. The number of carbonyl (C=O) groups excluding carboxylic acids is 1. The third-order valence-electron chi connectivity index (χ3n) is 4.65. The van der Waals surface area contributed by atoms with E-state index < -0.39 is 0 Å². The fourth-order valence-corrected chi connectivity index (χ4v) is 4.29. The maximum absolute atomic E-state index is 13.4. The van der Waals surface area contributed by atoms with Crippen molar-refractivity contribution in [1.29, 1.82) is 0 Å². The van der Waals surface area contributed by atoms with Crippen LogP contribution >= 0.6 is 11.8 Å². The number of anilines is 1. The molecule has 4 nitrogen and oxygen atoms in total. The maximum Gasteiger partial charge on any atom is 0.258 e. The summed E-state index contributed by atoms with van der Waals surface area (Å²) < 4.78 is 5.97. The number of hydrogen-bond acceptors (Lipinski definition) is 4. The van der Waals surface area contributed by atoms with E-state index in [1.165, 1.54) is 0 Å². The first-order valence-corrected chi connectivity index (χ1v) is 10.6. The summed E-state index contributed by atoms with van der Waals surface area (Å²) in [5.74, 6) is 2.54. The number of amides is 1. The lowest BCUT2D eigenvalue weighted by Gasteiger charge is -2.23. The summed E-state index contributed by atoms with van der Waals surface area (Å²) in [6.07, 6.45) is 2.85. The van der Waals surface area contributed by atoms with Crippen LogP contribution in [0.25, 0.3) is 0 Å². The van der Waals surface area contributed by atoms with Gasteiger partial charge in [0.2, 0.25) is 5.88 Å². The van der Waals surface area contributed by atoms with Gasteiger partial charge in [0, 0.05) is 29.3 Å². The van der Waals surface area contributed by atoms with E-state index in [0.29, 0.717) is 18.0 Å². The highest BCUT2D eigenvalue weighted by Gasteiger charge is 2.21. The minimum absolute atomic E-state index is 0.0666. The van der Waals surface area contributed by atoms with Crippen LogP contribution in [0.5, 0.6) is 5.88 Å². The topological polar surface area (TPSA) is 42.4 Å². The van der Waals surface area contributed by atoms with E-state index in [0.717, 1.165) is 29.2 Å². The van der Waals surface area contributed by atoms with Crippen LogP contribution < -0.4 is 9.64 Å². The summed E-state index contributed by atoms with van der Waals surface area (Å²) in [6, 6.07) is 23.3. The van der Waals surface area contributed by atoms with Gasteiger partial charge in [-0.3, -0.25) is 4.79 Å². The Morgan fingerprint density at radius 1 is 1.07 bits per heavy atom. The molecule has 1 aliphatic rings. The van der Waals surface area contributed by atoms with Crippen LogP contribution in [-0.2, 0) is 6.54 Å². The van der Waals surface area contributed by atoms with E-state index in [1.54, 1.807) is 23.2 Å². The lowest BCUT2D eigenvalue weighted by Crippen LogP contribution is -2.30. The molecule has 1 fully saturated rings. The second-order valence-corrected chi connectivity index (χ2v) is 7.85. The van der Waals surface area contributed by atoms with E-state index >= 15 is 0 Å². The van der Waals surface area contributed by atoms with Gasteiger partial charge >= 0.3 is 0 Å². The van der Waals surface area contributed by atoms with E-state index in [9.17, 15) is 4.79 Å². The molecular weight excluding hydrogens is 368 g/mol. The van der Waals surface area contributed by atoms with Gasteiger partial charge in [-0.15, -0.1) is 0 Å². The number of ether oxygens (including phenoxy) is 1. The van der Waals surface area contributed by atoms with Crippen molar-refractivity contribution < 1.29 is 9.53 Å². The molecule has 0 aliphatic carbocycles. The molecule has 4 rings (SSSR count). The molecule has 2 aromatic carbocycles. The van der Waals surface area contributed by atoms with Gasteiger partial charge in [0.15, 0.2) is 0 Å². The zero-order valence-electron chi connectivity index (χ0n) is 15.5. The van der Waals surface area contributed by atoms with E-state index in [2.05, 4.69) is 4.98 Å². The van der Waals surface area contributed by atoms with Crippen LogP contribution in [0.4, 0.5) is 5.69 Å². The van der Waals surface area contributed by atoms with E-state index in [-0.39, 0.29) is 12.0 Å². The number of hydrogen-bond donors (Lipinski definition) is 0. The Labute approximate surface area is 169 Å². The van der Waals surface area contributed by atoms with Gasteiger partial charge in [0.1, 0.15) is 6.10 Å². The molecule has 0 N–H and O–H groups in total. The van der Waals surface area contributed by atoms with Crippen molar-refractivity contribution in [3.8, 4) is 5.88 Å². The highest BCUT2D eigenvalue weighted by molar-refractivity contribution is 7.99. The molecule has 3 aromatic rings. The molecule has 1 saturated heterocycles. The van der Waals surface area contributed by atoms with Crippen molar-refractivity contribution in [1.82, 2.24) is 4.98 Å². The standard InChI is InChI=1S/C23H22N2O2S/c26-23(19-11-13-24-22(15-19)27-21-12-14-28-17-21)25(20-9-5-2-6-10-20)16-18-7-3-1-4-8-18/h1-11,13,15,21H,12,14,16-17H2. The Balaban J connectivity index is 1.59. The van der Waals surface area contributed by atoms with Crippen LogP contribution in [0.1, 0.15) is 22.3 Å². The number of para-hydroxylation sites is 1. The van der Waals surface area contributed by atoms with Gasteiger partial charge < -0.3 is 9.64 Å². The zero-order valence-corrected chi connectivity index (χ0v) is 16.3. The molecule has 1 atom stereocenters. The molecule has 5 heteroatoms. The van der Waals surface area contributed by atoms with Crippen molar-refractivity contribution in [2.24, 2.45) is 0 Å². The summed E-state index contributed by atoms with van der Waals surface area (Å²) in [5, 5.41) is 0. The largest absolute Gasteiger partial charge is 0.473 e. The van der Waals surface area contributed by atoms with Gasteiger partial charge in [-0.25, -0.2) is 4.98 Å². The number of nitrogens with zero attached hydrogens (tertiary/aromatic N) is 2. The predicted octanol–water partition coefficient (Wildman–Crippen LogP) is 4.81. The second kappa shape index (κ2) is 8.93. The maximum atomic E-state index is 13.4. The fourth-order valence-electron chi connectivity index (χ4n) is 3.19. The Hall–Kier alpha value is -2.79. The molecule has 1 aromatic heterocycles. The molecule has 0 bridgehead atoms. The SMILES string of the molecule is O=C(c1ccnc(OC2CCSC2)c1)N(Cc1ccccc1)c1ccccc1. The van der Waals surface area contributed by atoms with Gasteiger partial charge in [-0.2, -0.15) is 11.8 Å². The summed E-state index contributed by atoms with van der Waals surface area (Å²) in [7, 11) is 0. The van der Waals surface area contributed by atoms with E-state index in [4.69, 9.17) is 4.74 Å². The molecule has 0 radical (unpaired) electrons. The molecule has 28 heavy (non-hydrogen) atoms. The molecule has 142 valence electrons. The first-order valence-electron chi connectivity index (χ1n) is 9.41. The summed E-state index contributed by atoms with van der Waals surface area (Å²) in [6.45, 7) is 0.501. The van der Waals surface area contributed by atoms with Crippen molar-refractivity contribution in [2.75, 3.05) is 16.4 Å².